The number of aromatic nitrogens is 1. The number of aldehydes is 1. The van der Waals surface area contributed by atoms with Crippen molar-refractivity contribution in [3.63, 3.8) is 0 Å². The van der Waals surface area contributed by atoms with Gasteiger partial charge in [0.1, 0.15) is 6.29 Å². The van der Waals surface area contributed by atoms with Gasteiger partial charge in [-0.2, -0.15) is 0 Å². The molecule has 0 radical (unpaired) electrons. The Labute approximate surface area is 87.3 Å². The Morgan fingerprint density at radius 3 is 3.00 bits per heavy atom. The highest BCUT2D eigenvalue weighted by atomic mass is 16.5. The van der Waals surface area contributed by atoms with Gasteiger partial charge in [0.15, 0.2) is 0 Å². The lowest BCUT2D eigenvalue weighted by molar-refractivity contribution is -0.115. The molecule has 1 aliphatic heterocycles. The smallest absolute Gasteiger partial charge is 0.247 e. The zero-order chi connectivity index (χ0) is 10.7. The number of hydrogen-bond donors (Lipinski definition) is 1. The first-order valence-corrected chi connectivity index (χ1v) is 5.05. The number of rotatable bonds is 2. The monoisotopic (exact) mass is 207 g/mol. The first-order valence-electron chi connectivity index (χ1n) is 5.05. The average Bonchev–Trinajstić information content (AvgIpc) is 2.30. The van der Waals surface area contributed by atoms with E-state index in [0.29, 0.717) is 13.0 Å². The van der Waals surface area contributed by atoms with Crippen LogP contribution in [0.5, 0.6) is 0 Å². The van der Waals surface area contributed by atoms with Gasteiger partial charge in [-0.15, -0.1) is 0 Å². The van der Waals surface area contributed by atoms with Crippen LogP contribution in [0.15, 0.2) is 23.1 Å². The summed E-state index contributed by atoms with van der Waals surface area (Å²) < 4.78 is 5.56. The molecule has 1 saturated heterocycles. The van der Waals surface area contributed by atoms with Gasteiger partial charge in [0.2, 0.25) is 5.56 Å². The van der Waals surface area contributed by atoms with E-state index in [1.807, 2.05) is 0 Å². The van der Waals surface area contributed by atoms with E-state index >= 15 is 0 Å². The number of pyridine rings is 1. The lowest BCUT2D eigenvalue weighted by Crippen LogP contribution is -2.21. The SMILES string of the molecule is O=CC1CCOC(c2ccc(=O)[nH]c2)C1. The van der Waals surface area contributed by atoms with E-state index in [2.05, 4.69) is 4.98 Å². The molecule has 2 rings (SSSR count). The Kier molecular flexibility index (Phi) is 2.97. The van der Waals surface area contributed by atoms with Crippen molar-refractivity contribution in [3.8, 4) is 0 Å². The van der Waals surface area contributed by atoms with Crippen LogP contribution in [0.1, 0.15) is 24.5 Å². The van der Waals surface area contributed by atoms with Gasteiger partial charge in [0.25, 0.3) is 0 Å². The van der Waals surface area contributed by atoms with Crippen LogP contribution in [-0.4, -0.2) is 17.9 Å². The molecule has 2 heterocycles. The number of hydrogen-bond acceptors (Lipinski definition) is 3. The second-order valence-electron chi connectivity index (χ2n) is 3.77. The molecular formula is C11H13NO3. The minimum absolute atomic E-state index is 0.0641. The maximum Gasteiger partial charge on any atom is 0.247 e. The van der Waals surface area contributed by atoms with Crippen LogP contribution in [0, 0.1) is 5.92 Å². The number of aromatic amines is 1. The quantitative estimate of drug-likeness (QED) is 0.737. The average molecular weight is 207 g/mol. The highest BCUT2D eigenvalue weighted by Crippen LogP contribution is 2.29. The molecule has 0 aromatic carbocycles. The van der Waals surface area contributed by atoms with Crippen molar-refractivity contribution in [3.05, 3.63) is 34.2 Å². The van der Waals surface area contributed by atoms with E-state index in [9.17, 15) is 9.59 Å². The minimum Gasteiger partial charge on any atom is -0.373 e. The summed E-state index contributed by atoms with van der Waals surface area (Å²) in [5.41, 5.74) is 0.808. The molecule has 1 N–H and O–H groups in total. The Morgan fingerprint density at radius 2 is 2.33 bits per heavy atom. The van der Waals surface area contributed by atoms with E-state index in [-0.39, 0.29) is 17.6 Å². The van der Waals surface area contributed by atoms with Crippen LogP contribution in [0.2, 0.25) is 0 Å². The third-order valence-electron chi connectivity index (χ3n) is 2.70. The fraction of sp³-hybridized carbons (Fsp3) is 0.455. The van der Waals surface area contributed by atoms with Crippen molar-refractivity contribution in [2.45, 2.75) is 18.9 Å². The molecule has 0 aliphatic carbocycles. The van der Waals surface area contributed by atoms with Gasteiger partial charge >= 0.3 is 0 Å². The lowest BCUT2D eigenvalue weighted by Gasteiger charge is -2.26. The summed E-state index contributed by atoms with van der Waals surface area (Å²) in [6.07, 6.45) is 4.08. The summed E-state index contributed by atoms with van der Waals surface area (Å²) in [4.78, 5) is 24.2. The number of carbonyl (C=O) groups is 1. The molecule has 1 aromatic rings. The first-order chi connectivity index (χ1) is 7.29. The maximum absolute atomic E-state index is 10.9. The normalized spacial score (nSPS) is 26.1. The zero-order valence-corrected chi connectivity index (χ0v) is 8.31. The van der Waals surface area contributed by atoms with Gasteiger partial charge in [0.05, 0.1) is 6.10 Å². The molecule has 0 saturated carbocycles. The van der Waals surface area contributed by atoms with Gasteiger partial charge in [-0.3, -0.25) is 4.79 Å². The molecule has 0 amide bonds. The van der Waals surface area contributed by atoms with Gasteiger partial charge in [0, 0.05) is 24.8 Å². The van der Waals surface area contributed by atoms with E-state index in [0.717, 1.165) is 18.3 Å². The van der Waals surface area contributed by atoms with Crippen molar-refractivity contribution >= 4 is 6.29 Å². The largest absolute Gasteiger partial charge is 0.373 e. The standard InChI is InChI=1S/C11H13NO3/c13-7-8-3-4-15-10(5-8)9-1-2-11(14)12-6-9/h1-2,6-8,10H,3-5H2,(H,12,14). The topological polar surface area (TPSA) is 59.2 Å². The predicted octanol–water partition coefficient (Wildman–Crippen LogP) is 1.04. The van der Waals surface area contributed by atoms with Gasteiger partial charge in [-0.25, -0.2) is 0 Å². The molecule has 4 nitrogen and oxygen atoms in total. The molecule has 0 spiro atoms. The summed E-state index contributed by atoms with van der Waals surface area (Å²) in [6, 6.07) is 3.22. The molecule has 2 unspecified atom stereocenters. The second-order valence-corrected chi connectivity index (χ2v) is 3.77. The molecule has 2 atom stereocenters. The Hall–Kier alpha value is -1.42. The fourth-order valence-corrected chi connectivity index (χ4v) is 1.80. The van der Waals surface area contributed by atoms with Crippen LogP contribution in [-0.2, 0) is 9.53 Å². The van der Waals surface area contributed by atoms with Crippen LogP contribution in [0.4, 0.5) is 0 Å². The highest BCUT2D eigenvalue weighted by Gasteiger charge is 2.23. The molecule has 1 fully saturated rings. The van der Waals surface area contributed by atoms with Gasteiger partial charge < -0.3 is 14.5 Å². The van der Waals surface area contributed by atoms with Crippen molar-refractivity contribution < 1.29 is 9.53 Å². The van der Waals surface area contributed by atoms with Crippen molar-refractivity contribution in [2.75, 3.05) is 6.61 Å². The van der Waals surface area contributed by atoms with E-state index in [1.54, 1.807) is 12.3 Å². The summed E-state index contributed by atoms with van der Waals surface area (Å²) in [5.74, 6) is 0.0793. The van der Waals surface area contributed by atoms with Crippen LogP contribution in [0.3, 0.4) is 0 Å². The molecule has 80 valence electrons. The van der Waals surface area contributed by atoms with Crippen molar-refractivity contribution in [1.82, 2.24) is 4.98 Å². The van der Waals surface area contributed by atoms with Crippen molar-refractivity contribution in [1.29, 1.82) is 0 Å². The third kappa shape index (κ3) is 2.33. The van der Waals surface area contributed by atoms with Gasteiger partial charge in [-0.1, -0.05) is 0 Å². The van der Waals surface area contributed by atoms with Crippen LogP contribution < -0.4 is 5.56 Å². The number of ether oxygens (including phenoxy) is 1. The van der Waals surface area contributed by atoms with E-state index in [4.69, 9.17) is 4.74 Å². The summed E-state index contributed by atoms with van der Waals surface area (Å²) >= 11 is 0. The fourth-order valence-electron chi connectivity index (χ4n) is 1.80. The maximum atomic E-state index is 10.9. The number of H-pyrrole nitrogens is 1. The Bertz CT molecular complexity index is 379. The summed E-state index contributed by atoms with van der Waals surface area (Å²) in [6.45, 7) is 0.604. The first kappa shape index (κ1) is 10.1. The van der Waals surface area contributed by atoms with Crippen LogP contribution >= 0.6 is 0 Å². The third-order valence-corrected chi connectivity index (χ3v) is 2.70. The van der Waals surface area contributed by atoms with Gasteiger partial charge in [-0.05, 0) is 24.5 Å². The van der Waals surface area contributed by atoms with Crippen molar-refractivity contribution in [2.24, 2.45) is 5.92 Å². The Morgan fingerprint density at radius 1 is 1.47 bits per heavy atom. The molecule has 15 heavy (non-hydrogen) atoms. The minimum atomic E-state index is -0.124. The molecule has 4 heteroatoms. The van der Waals surface area contributed by atoms with Crippen LogP contribution in [0.25, 0.3) is 0 Å². The molecular weight excluding hydrogens is 194 g/mol. The number of carbonyl (C=O) groups excluding carboxylic acids is 1. The molecule has 0 bridgehead atoms. The predicted molar refractivity (Wildman–Crippen MR) is 54.5 cm³/mol. The van der Waals surface area contributed by atoms with E-state index in [1.165, 1.54) is 6.07 Å². The summed E-state index contributed by atoms with van der Waals surface area (Å²) in [7, 11) is 0. The highest BCUT2D eigenvalue weighted by molar-refractivity contribution is 5.53. The summed E-state index contributed by atoms with van der Waals surface area (Å²) in [5, 5.41) is 0. The van der Waals surface area contributed by atoms with E-state index < -0.39 is 0 Å². The Balaban J connectivity index is 2.13. The second kappa shape index (κ2) is 4.40. The molecule has 1 aliphatic rings. The lowest BCUT2D eigenvalue weighted by atomic mass is 9.94. The number of nitrogens with one attached hydrogen (secondary N) is 1. The zero-order valence-electron chi connectivity index (χ0n) is 8.31. The molecule has 1 aromatic heterocycles.